The Kier molecular flexibility index (Phi) is 3.68. The lowest BCUT2D eigenvalue weighted by Gasteiger charge is -2.44. The van der Waals surface area contributed by atoms with Gasteiger partial charge in [0.2, 0.25) is 0 Å². The number of rotatable bonds is 3. The topological polar surface area (TPSA) is 20.2 Å². The van der Waals surface area contributed by atoms with E-state index in [0.29, 0.717) is 0 Å². The van der Waals surface area contributed by atoms with E-state index in [1.807, 2.05) is 0 Å². The predicted octanol–water partition coefficient (Wildman–Crippen LogP) is 2.52. The second-order valence-corrected chi connectivity index (χ2v) is 5.57. The normalized spacial score (nSPS) is 38.4. The Bertz CT molecular complexity index is 203. The van der Waals surface area contributed by atoms with E-state index in [1.165, 1.54) is 51.6 Å². The van der Waals surface area contributed by atoms with E-state index in [2.05, 4.69) is 6.92 Å². The van der Waals surface area contributed by atoms with Gasteiger partial charge in [0.25, 0.3) is 0 Å². The Hall–Kier alpha value is -0.0800. The highest BCUT2D eigenvalue weighted by molar-refractivity contribution is 4.70. The average molecular weight is 212 g/mol. The van der Waals surface area contributed by atoms with Gasteiger partial charge >= 0.3 is 0 Å². The van der Waals surface area contributed by atoms with E-state index >= 15 is 0 Å². The molecule has 0 spiro atoms. The lowest BCUT2D eigenvalue weighted by Crippen LogP contribution is -2.58. The molecule has 1 saturated carbocycles. The molecule has 1 N–H and O–H groups in total. The van der Waals surface area contributed by atoms with E-state index in [-0.39, 0.29) is 6.23 Å². The Balaban J connectivity index is 2.01. The minimum atomic E-state index is -0.0712. The third kappa shape index (κ3) is 2.36. The Morgan fingerprint density at radius 2 is 1.87 bits per heavy atom. The summed E-state index contributed by atoms with van der Waals surface area (Å²) >= 11 is 0. The Labute approximate surface area is 93.9 Å². The lowest BCUT2D eigenvalue weighted by atomic mass is 9.84. The van der Waals surface area contributed by atoms with Gasteiger partial charge in [0.05, 0.1) is 19.6 Å². The highest BCUT2D eigenvalue weighted by Gasteiger charge is 2.38. The van der Waals surface area contributed by atoms with Gasteiger partial charge in [-0.1, -0.05) is 6.42 Å². The summed E-state index contributed by atoms with van der Waals surface area (Å²) in [5, 5.41) is 10.3. The molecule has 0 bridgehead atoms. The zero-order valence-corrected chi connectivity index (χ0v) is 10.1. The van der Waals surface area contributed by atoms with Gasteiger partial charge in [-0.05, 0) is 39.0 Å². The van der Waals surface area contributed by atoms with E-state index in [0.717, 1.165) is 23.4 Å². The molecule has 0 aromatic rings. The van der Waals surface area contributed by atoms with E-state index in [9.17, 15) is 5.11 Å². The fraction of sp³-hybridized carbons (Fsp3) is 1.00. The Morgan fingerprint density at radius 1 is 1.07 bits per heavy atom. The van der Waals surface area contributed by atoms with Gasteiger partial charge in [-0.2, -0.15) is 0 Å². The monoisotopic (exact) mass is 212 g/mol. The van der Waals surface area contributed by atoms with Gasteiger partial charge < -0.3 is 5.11 Å². The van der Waals surface area contributed by atoms with Crippen molar-refractivity contribution in [3.05, 3.63) is 0 Å². The molecule has 1 saturated heterocycles. The first kappa shape index (κ1) is 11.4. The SMILES string of the molecule is CC[N+]1(CC2CCC2)CCCCCC1O. The molecule has 2 aliphatic rings. The van der Waals surface area contributed by atoms with Crippen LogP contribution in [0.5, 0.6) is 0 Å². The highest BCUT2D eigenvalue weighted by Crippen LogP contribution is 2.33. The quantitative estimate of drug-likeness (QED) is 0.713. The van der Waals surface area contributed by atoms with Crippen LogP contribution in [-0.2, 0) is 0 Å². The minimum absolute atomic E-state index is 0.0712. The van der Waals surface area contributed by atoms with Crippen molar-refractivity contribution in [2.75, 3.05) is 19.6 Å². The van der Waals surface area contributed by atoms with Crippen LogP contribution in [0.1, 0.15) is 51.9 Å². The molecule has 2 heteroatoms. The third-order valence-corrected chi connectivity index (χ3v) is 4.67. The second-order valence-electron chi connectivity index (χ2n) is 5.57. The first-order valence-electron chi connectivity index (χ1n) is 6.81. The molecule has 15 heavy (non-hydrogen) atoms. The summed E-state index contributed by atoms with van der Waals surface area (Å²) in [7, 11) is 0. The van der Waals surface area contributed by atoms with Gasteiger partial charge in [-0.25, -0.2) is 0 Å². The third-order valence-electron chi connectivity index (χ3n) is 4.67. The molecule has 0 aromatic heterocycles. The first-order chi connectivity index (χ1) is 7.27. The lowest BCUT2D eigenvalue weighted by molar-refractivity contribution is -0.972. The molecule has 2 unspecified atom stereocenters. The molecular formula is C13H26NO+. The maximum absolute atomic E-state index is 10.3. The van der Waals surface area contributed by atoms with Crippen molar-refractivity contribution in [1.29, 1.82) is 0 Å². The summed E-state index contributed by atoms with van der Waals surface area (Å²) in [6, 6.07) is 0. The number of hydrogen-bond donors (Lipinski definition) is 1. The average Bonchev–Trinajstić information content (AvgIpc) is 2.36. The van der Waals surface area contributed by atoms with Crippen LogP contribution in [0.2, 0.25) is 0 Å². The van der Waals surface area contributed by atoms with Gasteiger partial charge in [0.1, 0.15) is 0 Å². The molecular weight excluding hydrogens is 186 g/mol. The van der Waals surface area contributed by atoms with Crippen LogP contribution in [0.15, 0.2) is 0 Å². The van der Waals surface area contributed by atoms with Gasteiger partial charge in [0.15, 0.2) is 6.23 Å². The summed E-state index contributed by atoms with van der Waals surface area (Å²) in [4.78, 5) is 0. The van der Waals surface area contributed by atoms with Gasteiger partial charge in [-0.3, -0.25) is 4.48 Å². The number of aliphatic hydroxyl groups is 1. The maximum atomic E-state index is 10.3. The predicted molar refractivity (Wildman–Crippen MR) is 62.4 cm³/mol. The molecule has 1 aliphatic heterocycles. The van der Waals surface area contributed by atoms with Crippen LogP contribution >= 0.6 is 0 Å². The number of quaternary nitrogens is 1. The smallest absolute Gasteiger partial charge is 0.190 e. The molecule has 1 heterocycles. The molecule has 88 valence electrons. The maximum Gasteiger partial charge on any atom is 0.190 e. The van der Waals surface area contributed by atoms with Crippen LogP contribution in [0.25, 0.3) is 0 Å². The number of likely N-dealkylation sites (tertiary alicyclic amines) is 1. The molecule has 0 aromatic carbocycles. The molecule has 2 atom stereocenters. The van der Waals surface area contributed by atoms with E-state index in [1.54, 1.807) is 0 Å². The van der Waals surface area contributed by atoms with Crippen molar-refractivity contribution in [3.8, 4) is 0 Å². The van der Waals surface area contributed by atoms with E-state index in [4.69, 9.17) is 0 Å². The van der Waals surface area contributed by atoms with Crippen molar-refractivity contribution in [2.24, 2.45) is 5.92 Å². The highest BCUT2D eigenvalue weighted by atomic mass is 16.3. The summed E-state index contributed by atoms with van der Waals surface area (Å²) in [5.41, 5.74) is 0. The molecule has 2 nitrogen and oxygen atoms in total. The fourth-order valence-corrected chi connectivity index (χ4v) is 3.25. The van der Waals surface area contributed by atoms with Crippen molar-refractivity contribution < 1.29 is 9.59 Å². The molecule has 1 aliphatic carbocycles. The van der Waals surface area contributed by atoms with Crippen molar-refractivity contribution in [3.63, 3.8) is 0 Å². The molecule has 2 fully saturated rings. The van der Waals surface area contributed by atoms with Gasteiger partial charge in [-0.15, -0.1) is 0 Å². The summed E-state index contributed by atoms with van der Waals surface area (Å²) in [6.45, 7) is 5.84. The van der Waals surface area contributed by atoms with Crippen LogP contribution in [0.3, 0.4) is 0 Å². The zero-order valence-electron chi connectivity index (χ0n) is 10.1. The summed E-state index contributed by atoms with van der Waals surface area (Å²) in [6.07, 6.45) is 9.06. The number of nitrogens with zero attached hydrogens (tertiary/aromatic N) is 1. The fourth-order valence-electron chi connectivity index (χ4n) is 3.25. The van der Waals surface area contributed by atoms with Crippen LogP contribution in [-0.4, -0.2) is 35.5 Å². The number of hydrogen-bond acceptors (Lipinski definition) is 1. The Morgan fingerprint density at radius 3 is 2.47 bits per heavy atom. The van der Waals surface area contributed by atoms with Crippen LogP contribution < -0.4 is 0 Å². The van der Waals surface area contributed by atoms with Gasteiger partial charge in [0, 0.05) is 12.3 Å². The van der Waals surface area contributed by atoms with Crippen LogP contribution in [0, 0.1) is 5.92 Å². The largest absolute Gasteiger partial charge is 0.345 e. The molecule has 0 amide bonds. The van der Waals surface area contributed by atoms with E-state index < -0.39 is 0 Å². The summed E-state index contributed by atoms with van der Waals surface area (Å²) in [5.74, 6) is 0.915. The first-order valence-corrected chi connectivity index (χ1v) is 6.81. The number of aliphatic hydroxyl groups excluding tert-OH is 1. The van der Waals surface area contributed by atoms with Crippen molar-refractivity contribution in [1.82, 2.24) is 0 Å². The zero-order chi connectivity index (χ0) is 10.7. The second kappa shape index (κ2) is 4.84. The standard InChI is InChI=1S/C13H26NO/c1-2-14(11-12-7-6-8-12)10-5-3-4-9-13(14)15/h12-13,15H,2-11H2,1H3/q+1. The summed E-state index contributed by atoms with van der Waals surface area (Å²) < 4.78 is 1.00. The molecule has 0 radical (unpaired) electrons. The van der Waals surface area contributed by atoms with Crippen molar-refractivity contribution in [2.45, 2.75) is 58.1 Å². The van der Waals surface area contributed by atoms with Crippen LogP contribution in [0.4, 0.5) is 0 Å². The molecule has 2 rings (SSSR count). The minimum Gasteiger partial charge on any atom is -0.345 e. The van der Waals surface area contributed by atoms with Crippen molar-refractivity contribution >= 4 is 0 Å².